The molecule has 1 aromatic rings. The number of anilines is 1. The highest BCUT2D eigenvalue weighted by Crippen LogP contribution is 2.41. The highest BCUT2D eigenvalue weighted by Gasteiger charge is 2.57. The Morgan fingerprint density at radius 1 is 1.38 bits per heavy atom. The van der Waals surface area contributed by atoms with Gasteiger partial charge in [-0.2, -0.15) is 0 Å². The van der Waals surface area contributed by atoms with E-state index < -0.39 is 23.0 Å². The number of fused-ring (bicyclic) bond motifs is 1. The minimum Gasteiger partial charge on any atom is -0.481 e. The first kappa shape index (κ1) is 16.9. The number of piperidine rings is 1. The molecule has 0 bridgehead atoms. The molecule has 2 aliphatic heterocycles. The van der Waals surface area contributed by atoms with E-state index in [0.29, 0.717) is 30.9 Å². The van der Waals surface area contributed by atoms with Gasteiger partial charge < -0.3 is 14.9 Å². The Morgan fingerprint density at radius 2 is 2.08 bits per heavy atom. The molecule has 0 spiro atoms. The minimum absolute atomic E-state index is 0.212. The Morgan fingerprint density at radius 3 is 2.75 bits per heavy atom. The number of likely N-dealkylation sites (tertiary alicyclic amines) is 1. The summed E-state index contributed by atoms with van der Waals surface area (Å²) in [7, 11) is 1.93. The quantitative estimate of drug-likeness (QED) is 0.919. The highest BCUT2D eigenvalue weighted by atomic mass is 19.1. The predicted octanol–water partition coefficient (Wildman–Crippen LogP) is 2.06. The van der Waals surface area contributed by atoms with Crippen LogP contribution in [0.25, 0.3) is 0 Å². The molecule has 2 atom stereocenters. The summed E-state index contributed by atoms with van der Waals surface area (Å²) in [6, 6.07) is 6.88. The fraction of sp³-hybridized carbons (Fsp3) is 0.556. The molecule has 1 aromatic carbocycles. The van der Waals surface area contributed by atoms with E-state index in [9.17, 15) is 14.7 Å². The van der Waals surface area contributed by atoms with Crippen LogP contribution in [0.5, 0.6) is 0 Å². The number of alkyl halides is 1. The molecule has 5 nitrogen and oxygen atoms in total. The number of carboxylic acids is 1. The maximum atomic E-state index is 15.2. The Hall–Kier alpha value is -1.95. The van der Waals surface area contributed by atoms with Gasteiger partial charge >= 0.3 is 5.97 Å². The molecule has 6 heteroatoms. The molecule has 2 fully saturated rings. The predicted molar refractivity (Wildman–Crippen MR) is 88.9 cm³/mol. The normalized spacial score (nSPS) is 28.1. The molecule has 2 heterocycles. The molecule has 0 unspecified atom stereocenters. The van der Waals surface area contributed by atoms with Gasteiger partial charge in [-0.05, 0) is 38.6 Å². The van der Waals surface area contributed by atoms with Gasteiger partial charge in [0.25, 0.3) is 5.91 Å². The van der Waals surface area contributed by atoms with Crippen molar-refractivity contribution in [3.8, 4) is 0 Å². The monoisotopic (exact) mass is 334 g/mol. The second-order valence-electron chi connectivity index (χ2n) is 7.47. The Kier molecular flexibility index (Phi) is 3.91. The van der Waals surface area contributed by atoms with Gasteiger partial charge in [0, 0.05) is 37.7 Å². The lowest BCUT2D eigenvalue weighted by Gasteiger charge is -2.34. The van der Waals surface area contributed by atoms with Crippen molar-refractivity contribution in [2.45, 2.75) is 31.4 Å². The molecule has 0 radical (unpaired) electrons. The summed E-state index contributed by atoms with van der Waals surface area (Å²) >= 11 is 0. The Labute approximate surface area is 141 Å². The lowest BCUT2D eigenvalue weighted by atomic mass is 9.84. The molecule has 0 saturated carbocycles. The van der Waals surface area contributed by atoms with Crippen molar-refractivity contribution in [3.63, 3.8) is 0 Å². The average molecular weight is 334 g/mol. The molecule has 130 valence electrons. The second kappa shape index (κ2) is 5.55. The van der Waals surface area contributed by atoms with Crippen LogP contribution in [-0.2, 0) is 15.0 Å². The molecule has 2 aliphatic rings. The third-order valence-corrected chi connectivity index (χ3v) is 5.45. The lowest BCUT2D eigenvalue weighted by molar-refractivity contribution is -0.142. The van der Waals surface area contributed by atoms with E-state index in [1.165, 1.54) is 4.90 Å². The van der Waals surface area contributed by atoms with Crippen molar-refractivity contribution in [1.29, 1.82) is 0 Å². The Bertz CT molecular complexity index is 691. The summed E-state index contributed by atoms with van der Waals surface area (Å²) in [5, 5.41) is 9.40. The number of halogens is 1. The molecule has 1 N–H and O–H groups in total. The summed E-state index contributed by atoms with van der Waals surface area (Å²) in [5.41, 5.74) is -1.70. The van der Waals surface area contributed by atoms with E-state index in [1.54, 1.807) is 38.1 Å². The topological polar surface area (TPSA) is 60.9 Å². The molecule has 3 rings (SSSR count). The van der Waals surface area contributed by atoms with Crippen molar-refractivity contribution in [1.82, 2.24) is 4.90 Å². The lowest BCUT2D eigenvalue weighted by Crippen LogP contribution is -2.49. The number of carbonyl (C=O) groups excluding carboxylic acids is 1. The fourth-order valence-corrected chi connectivity index (χ4v) is 3.59. The number of benzene rings is 1. The van der Waals surface area contributed by atoms with Gasteiger partial charge in [0.2, 0.25) is 0 Å². The van der Waals surface area contributed by atoms with Gasteiger partial charge in [-0.25, -0.2) is 4.39 Å². The van der Waals surface area contributed by atoms with E-state index in [0.717, 1.165) is 0 Å². The van der Waals surface area contributed by atoms with Gasteiger partial charge in [-0.15, -0.1) is 0 Å². The summed E-state index contributed by atoms with van der Waals surface area (Å²) < 4.78 is 15.2. The summed E-state index contributed by atoms with van der Waals surface area (Å²) in [4.78, 5) is 27.7. The van der Waals surface area contributed by atoms with Gasteiger partial charge in [0.15, 0.2) is 5.67 Å². The number of nitrogens with zero attached hydrogens (tertiary/aromatic N) is 2. The largest absolute Gasteiger partial charge is 0.481 e. The van der Waals surface area contributed by atoms with Crippen LogP contribution in [0.15, 0.2) is 24.3 Å². The first-order chi connectivity index (χ1) is 11.2. The zero-order valence-electron chi connectivity index (χ0n) is 14.3. The molecule has 1 amide bonds. The van der Waals surface area contributed by atoms with Crippen LogP contribution in [0.3, 0.4) is 0 Å². The number of amides is 1. The number of rotatable bonds is 3. The van der Waals surface area contributed by atoms with E-state index in [2.05, 4.69) is 0 Å². The van der Waals surface area contributed by atoms with Crippen molar-refractivity contribution in [3.05, 3.63) is 29.8 Å². The van der Waals surface area contributed by atoms with Crippen LogP contribution in [0.1, 0.15) is 25.8 Å². The first-order valence-corrected chi connectivity index (χ1v) is 8.19. The van der Waals surface area contributed by atoms with Crippen molar-refractivity contribution < 1.29 is 19.1 Å². The van der Waals surface area contributed by atoms with Crippen LogP contribution in [-0.4, -0.2) is 54.2 Å². The summed E-state index contributed by atoms with van der Waals surface area (Å²) in [5.74, 6) is -1.78. The minimum atomic E-state index is -1.80. The SMILES string of the molecule is CN1CC[C@]2(F)C(=O)N(c3cccc(C(C)(C)C(=O)O)c3)C[C@@H]2C1. The van der Waals surface area contributed by atoms with E-state index in [4.69, 9.17) is 0 Å². The maximum absolute atomic E-state index is 15.2. The number of hydrogen-bond acceptors (Lipinski definition) is 3. The third kappa shape index (κ3) is 2.49. The third-order valence-electron chi connectivity index (χ3n) is 5.45. The van der Waals surface area contributed by atoms with Crippen LogP contribution < -0.4 is 4.90 Å². The standard InChI is InChI=1S/C18H23FN2O3/c1-17(2,16(23)24)12-5-4-6-14(9-12)21-11-13-10-20(3)8-7-18(13,19)15(21)22/h4-6,9,13H,7-8,10-11H2,1-3H3,(H,23,24)/t13-,18+/m0/s1. The number of carbonyl (C=O) groups is 2. The van der Waals surface area contributed by atoms with Gasteiger partial charge in [0.1, 0.15) is 0 Å². The van der Waals surface area contributed by atoms with Crippen LogP contribution in [0, 0.1) is 5.92 Å². The maximum Gasteiger partial charge on any atom is 0.313 e. The Balaban J connectivity index is 1.93. The van der Waals surface area contributed by atoms with E-state index >= 15 is 4.39 Å². The second-order valence-corrected chi connectivity index (χ2v) is 7.47. The number of carboxylic acid groups (broad SMARTS) is 1. The summed E-state index contributed by atoms with van der Waals surface area (Å²) in [6.45, 7) is 4.69. The number of aliphatic carboxylic acids is 1. The molecular formula is C18H23FN2O3. The van der Waals surface area contributed by atoms with Crippen LogP contribution in [0.4, 0.5) is 10.1 Å². The van der Waals surface area contributed by atoms with Crippen LogP contribution in [0.2, 0.25) is 0 Å². The number of hydrogen-bond donors (Lipinski definition) is 1. The smallest absolute Gasteiger partial charge is 0.313 e. The molecule has 24 heavy (non-hydrogen) atoms. The van der Waals surface area contributed by atoms with Gasteiger partial charge in [-0.1, -0.05) is 12.1 Å². The van der Waals surface area contributed by atoms with E-state index in [1.807, 2.05) is 11.9 Å². The van der Waals surface area contributed by atoms with E-state index in [-0.39, 0.29) is 12.3 Å². The van der Waals surface area contributed by atoms with Gasteiger partial charge in [0.05, 0.1) is 5.41 Å². The first-order valence-electron chi connectivity index (χ1n) is 8.19. The molecular weight excluding hydrogens is 311 g/mol. The van der Waals surface area contributed by atoms with Crippen molar-refractivity contribution in [2.24, 2.45) is 5.92 Å². The molecule has 0 aliphatic carbocycles. The van der Waals surface area contributed by atoms with Crippen LogP contribution >= 0.6 is 0 Å². The summed E-state index contributed by atoms with van der Waals surface area (Å²) in [6.07, 6.45) is 0.212. The molecule has 2 saturated heterocycles. The zero-order chi connectivity index (χ0) is 17.7. The average Bonchev–Trinajstić information content (AvgIpc) is 2.79. The highest BCUT2D eigenvalue weighted by molar-refractivity contribution is 6.02. The van der Waals surface area contributed by atoms with Gasteiger partial charge in [-0.3, -0.25) is 9.59 Å². The fourth-order valence-electron chi connectivity index (χ4n) is 3.59. The van der Waals surface area contributed by atoms with Crippen molar-refractivity contribution in [2.75, 3.05) is 31.6 Å². The molecule has 0 aromatic heterocycles. The zero-order valence-corrected chi connectivity index (χ0v) is 14.3. The van der Waals surface area contributed by atoms with Crippen molar-refractivity contribution >= 4 is 17.6 Å².